The van der Waals surface area contributed by atoms with Crippen molar-refractivity contribution >= 4 is 5.91 Å². The Balaban J connectivity index is 1.95. The van der Waals surface area contributed by atoms with Crippen molar-refractivity contribution in [3.63, 3.8) is 0 Å². The van der Waals surface area contributed by atoms with Crippen LogP contribution in [0.4, 0.5) is 0 Å². The number of ether oxygens (including phenoxy) is 1. The van der Waals surface area contributed by atoms with Gasteiger partial charge in [-0.2, -0.15) is 0 Å². The van der Waals surface area contributed by atoms with E-state index in [-0.39, 0.29) is 12.0 Å². The lowest BCUT2D eigenvalue weighted by molar-refractivity contribution is -0.141. The smallest absolute Gasteiger partial charge is 0.226 e. The summed E-state index contributed by atoms with van der Waals surface area (Å²) in [6, 6.07) is 0.565. The van der Waals surface area contributed by atoms with Crippen LogP contribution in [0, 0.1) is 11.8 Å². The molecule has 4 heteroatoms. The summed E-state index contributed by atoms with van der Waals surface area (Å²) in [5.41, 5.74) is 6.01. The van der Waals surface area contributed by atoms with Gasteiger partial charge in [0.2, 0.25) is 5.91 Å². The maximum atomic E-state index is 12.6. The summed E-state index contributed by atoms with van der Waals surface area (Å²) in [7, 11) is 1.95. The average Bonchev–Trinajstić information content (AvgIpc) is 2.41. The van der Waals surface area contributed by atoms with Crippen LogP contribution in [-0.2, 0) is 9.53 Å². The third kappa shape index (κ3) is 3.04. The van der Waals surface area contributed by atoms with E-state index in [0.717, 1.165) is 45.3 Å². The predicted molar refractivity (Wildman–Crippen MR) is 71.1 cm³/mol. The van der Waals surface area contributed by atoms with Crippen molar-refractivity contribution in [1.29, 1.82) is 0 Å². The fraction of sp³-hybridized carbons (Fsp3) is 0.929. The van der Waals surface area contributed by atoms with E-state index in [4.69, 9.17) is 10.5 Å². The predicted octanol–water partition coefficient (Wildman–Crippen LogP) is 1.39. The van der Waals surface area contributed by atoms with Gasteiger partial charge in [0.05, 0.1) is 0 Å². The van der Waals surface area contributed by atoms with Gasteiger partial charge in [-0.1, -0.05) is 6.92 Å². The molecule has 1 saturated carbocycles. The molecule has 2 fully saturated rings. The third-order valence-electron chi connectivity index (χ3n) is 4.64. The molecule has 1 heterocycles. The van der Waals surface area contributed by atoms with E-state index >= 15 is 0 Å². The fourth-order valence-electron chi connectivity index (χ4n) is 3.21. The Bertz CT molecular complexity index is 290. The molecular weight excluding hydrogens is 228 g/mol. The van der Waals surface area contributed by atoms with Crippen LogP contribution in [0.5, 0.6) is 0 Å². The topological polar surface area (TPSA) is 55.6 Å². The van der Waals surface area contributed by atoms with Crippen LogP contribution in [0.25, 0.3) is 0 Å². The maximum absolute atomic E-state index is 12.6. The van der Waals surface area contributed by atoms with Gasteiger partial charge >= 0.3 is 0 Å². The molecule has 2 N–H and O–H groups in total. The molecule has 104 valence electrons. The average molecular weight is 254 g/mol. The number of nitrogens with zero attached hydrogens (tertiary/aromatic N) is 1. The summed E-state index contributed by atoms with van der Waals surface area (Å²) in [6.45, 7) is 3.75. The second-order valence-electron chi connectivity index (χ2n) is 5.95. The van der Waals surface area contributed by atoms with E-state index in [9.17, 15) is 4.79 Å². The lowest BCUT2D eigenvalue weighted by atomic mass is 9.77. The van der Waals surface area contributed by atoms with Crippen LogP contribution in [0.3, 0.4) is 0 Å². The van der Waals surface area contributed by atoms with Gasteiger partial charge in [0.25, 0.3) is 0 Å². The van der Waals surface area contributed by atoms with Crippen molar-refractivity contribution < 1.29 is 9.53 Å². The van der Waals surface area contributed by atoms with Crippen LogP contribution < -0.4 is 5.73 Å². The highest BCUT2D eigenvalue weighted by Crippen LogP contribution is 2.31. The van der Waals surface area contributed by atoms with Crippen molar-refractivity contribution in [2.24, 2.45) is 17.6 Å². The van der Waals surface area contributed by atoms with E-state index in [0.29, 0.717) is 17.9 Å². The Morgan fingerprint density at radius 3 is 2.56 bits per heavy atom. The Morgan fingerprint density at radius 2 is 1.89 bits per heavy atom. The number of amides is 1. The van der Waals surface area contributed by atoms with Gasteiger partial charge in [0, 0.05) is 38.3 Å². The van der Waals surface area contributed by atoms with E-state index in [1.807, 2.05) is 11.9 Å². The lowest BCUT2D eigenvalue weighted by Crippen LogP contribution is -2.47. The van der Waals surface area contributed by atoms with Gasteiger partial charge in [-0.3, -0.25) is 4.79 Å². The SMILES string of the molecule is CC1CCC(N)CC1C(=O)N(C)C1CCOCC1. The van der Waals surface area contributed by atoms with Crippen molar-refractivity contribution in [1.82, 2.24) is 4.90 Å². The first-order chi connectivity index (χ1) is 8.59. The Labute approximate surface area is 110 Å². The van der Waals surface area contributed by atoms with Crippen molar-refractivity contribution in [3.05, 3.63) is 0 Å². The number of carbonyl (C=O) groups excluding carboxylic acids is 1. The largest absolute Gasteiger partial charge is 0.381 e. The zero-order valence-corrected chi connectivity index (χ0v) is 11.6. The monoisotopic (exact) mass is 254 g/mol. The first-order valence-electron chi connectivity index (χ1n) is 7.19. The van der Waals surface area contributed by atoms with Crippen molar-refractivity contribution in [3.8, 4) is 0 Å². The fourth-order valence-corrected chi connectivity index (χ4v) is 3.21. The van der Waals surface area contributed by atoms with E-state index in [2.05, 4.69) is 6.92 Å². The second-order valence-corrected chi connectivity index (χ2v) is 5.95. The van der Waals surface area contributed by atoms with Crippen LogP contribution in [0.1, 0.15) is 39.0 Å². The third-order valence-corrected chi connectivity index (χ3v) is 4.64. The number of rotatable bonds is 2. The molecule has 18 heavy (non-hydrogen) atoms. The molecule has 1 aliphatic carbocycles. The quantitative estimate of drug-likeness (QED) is 0.810. The number of hydrogen-bond donors (Lipinski definition) is 1. The van der Waals surface area contributed by atoms with Gasteiger partial charge < -0.3 is 15.4 Å². The number of nitrogens with two attached hydrogens (primary N) is 1. The molecule has 0 spiro atoms. The van der Waals surface area contributed by atoms with Gasteiger partial charge in [-0.25, -0.2) is 0 Å². The highest BCUT2D eigenvalue weighted by molar-refractivity contribution is 5.79. The summed E-state index contributed by atoms with van der Waals surface area (Å²) in [6.07, 6.45) is 4.93. The minimum atomic E-state index is 0.126. The van der Waals surface area contributed by atoms with E-state index < -0.39 is 0 Å². The minimum Gasteiger partial charge on any atom is -0.381 e. The zero-order valence-electron chi connectivity index (χ0n) is 11.6. The summed E-state index contributed by atoms with van der Waals surface area (Å²) < 4.78 is 5.36. The Morgan fingerprint density at radius 1 is 1.22 bits per heavy atom. The summed E-state index contributed by atoms with van der Waals surface area (Å²) >= 11 is 0. The van der Waals surface area contributed by atoms with Gasteiger partial charge in [-0.15, -0.1) is 0 Å². The van der Waals surface area contributed by atoms with Gasteiger partial charge in [0.15, 0.2) is 0 Å². The Hall–Kier alpha value is -0.610. The molecule has 4 nitrogen and oxygen atoms in total. The van der Waals surface area contributed by atoms with Crippen molar-refractivity contribution in [2.75, 3.05) is 20.3 Å². The summed E-state index contributed by atoms with van der Waals surface area (Å²) in [4.78, 5) is 14.5. The normalized spacial score (nSPS) is 34.3. The van der Waals surface area contributed by atoms with Crippen molar-refractivity contribution in [2.45, 2.75) is 51.1 Å². The molecule has 0 aromatic carbocycles. The molecular formula is C14H26N2O2. The van der Waals surface area contributed by atoms with Crippen LogP contribution >= 0.6 is 0 Å². The van der Waals surface area contributed by atoms with Crippen LogP contribution in [0.2, 0.25) is 0 Å². The summed E-state index contributed by atoms with van der Waals surface area (Å²) in [5, 5.41) is 0. The molecule has 3 atom stereocenters. The molecule has 1 aliphatic heterocycles. The maximum Gasteiger partial charge on any atom is 0.226 e. The summed E-state index contributed by atoms with van der Waals surface area (Å²) in [5.74, 6) is 0.894. The number of carbonyl (C=O) groups is 1. The molecule has 0 bridgehead atoms. The molecule has 1 amide bonds. The molecule has 1 saturated heterocycles. The van der Waals surface area contributed by atoms with E-state index in [1.165, 1.54) is 0 Å². The highest BCUT2D eigenvalue weighted by Gasteiger charge is 2.35. The molecule has 2 aliphatic rings. The Kier molecular flexibility index (Phi) is 4.62. The zero-order chi connectivity index (χ0) is 13.1. The van der Waals surface area contributed by atoms with Gasteiger partial charge in [0.1, 0.15) is 0 Å². The molecule has 0 aromatic rings. The second kappa shape index (κ2) is 6.02. The first kappa shape index (κ1) is 13.8. The highest BCUT2D eigenvalue weighted by atomic mass is 16.5. The van der Waals surface area contributed by atoms with Crippen LogP contribution in [-0.4, -0.2) is 43.2 Å². The molecule has 3 unspecified atom stereocenters. The minimum absolute atomic E-state index is 0.126. The molecule has 2 rings (SSSR count). The number of hydrogen-bond acceptors (Lipinski definition) is 3. The van der Waals surface area contributed by atoms with Gasteiger partial charge in [-0.05, 0) is 38.0 Å². The van der Waals surface area contributed by atoms with Crippen LogP contribution in [0.15, 0.2) is 0 Å². The first-order valence-corrected chi connectivity index (χ1v) is 7.19. The van der Waals surface area contributed by atoms with E-state index in [1.54, 1.807) is 0 Å². The molecule has 0 aromatic heterocycles. The lowest BCUT2D eigenvalue weighted by Gasteiger charge is -2.38. The molecule has 0 radical (unpaired) electrons. The standard InChI is InChI=1S/C14H26N2O2/c1-10-3-4-11(15)9-13(10)14(17)16(2)12-5-7-18-8-6-12/h10-13H,3-9,15H2,1-2H3.